The second kappa shape index (κ2) is 8.33. The van der Waals surface area contributed by atoms with E-state index in [0.29, 0.717) is 11.3 Å². The Hall–Kier alpha value is -3.03. The number of nitrogens with one attached hydrogen (secondary N) is 1. The van der Waals surface area contributed by atoms with E-state index < -0.39 is 23.4 Å². The summed E-state index contributed by atoms with van der Waals surface area (Å²) in [4.78, 5) is 27.5. The lowest BCUT2D eigenvalue weighted by atomic mass is 10.2. The summed E-state index contributed by atoms with van der Waals surface area (Å²) in [6.07, 6.45) is 1.05. The van der Waals surface area contributed by atoms with Crippen molar-refractivity contribution in [3.05, 3.63) is 53.7 Å². The van der Waals surface area contributed by atoms with Gasteiger partial charge in [0.25, 0.3) is 11.8 Å². The maximum Gasteiger partial charge on any atom is 0.325 e. The number of nitrogens with zero attached hydrogens (tertiary/aromatic N) is 1. The van der Waals surface area contributed by atoms with Crippen LogP contribution in [0.15, 0.2) is 42.6 Å². The number of alkyl halides is 2. The maximum atomic E-state index is 13.2. The van der Waals surface area contributed by atoms with Gasteiger partial charge < -0.3 is 14.8 Å². The van der Waals surface area contributed by atoms with Gasteiger partial charge in [-0.1, -0.05) is 0 Å². The summed E-state index contributed by atoms with van der Waals surface area (Å²) in [7, 11) is 0. The van der Waals surface area contributed by atoms with E-state index in [4.69, 9.17) is 9.47 Å². The highest BCUT2D eigenvalue weighted by Gasteiger charge is 2.24. The summed E-state index contributed by atoms with van der Waals surface area (Å²) in [5.41, 5.74) is -0.512. The summed E-state index contributed by atoms with van der Waals surface area (Å²) in [6, 6.07) is 8.66. The zero-order valence-corrected chi connectivity index (χ0v) is 16.1. The summed E-state index contributed by atoms with van der Waals surface area (Å²) in [5, 5.41) is 2.47. The lowest BCUT2D eigenvalue weighted by Gasteiger charge is -2.19. The minimum atomic E-state index is -2.97. The molecule has 0 saturated carbocycles. The van der Waals surface area contributed by atoms with Crippen LogP contribution in [0.25, 0.3) is 0 Å². The molecule has 0 aliphatic carbocycles. The van der Waals surface area contributed by atoms with Crippen molar-refractivity contribution in [2.75, 3.05) is 6.54 Å². The molecule has 1 aromatic carbocycles. The highest BCUT2D eigenvalue weighted by Crippen LogP contribution is 2.28. The van der Waals surface area contributed by atoms with Crippen LogP contribution in [-0.2, 0) is 15.5 Å². The van der Waals surface area contributed by atoms with E-state index in [1.54, 1.807) is 20.8 Å². The van der Waals surface area contributed by atoms with E-state index in [0.717, 1.165) is 13.1 Å². The van der Waals surface area contributed by atoms with Crippen LogP contribution in [0, 0.1) is 0 Å². The molecule has 0 aliphatic heterocycles. The molecule has 8 heteroatoms. The molecule has 0 fully saturated rings. The van der Waals surface area contributed by atoms with Crippen LogP contribution in [0.5, 0.6) is 11.6 Å². The van der Waals surface area contributed by atoms with E-state index in [2.05, 4.69) is 10.3 Å². The molecule has 1 aromatic heterocycles. The topological polar surface area (TPSA) is 77.5 Å². The predicted molar refractivity (Wildman–Crippen MR) is 98.5 cm³/mol. The first-order chi connectivity index (χ1) is 12.9. The quantitative estimate of drug-likeness (QED) is 0.751. The Morgan fingerprint density at radius 3 is 2.18 bits per heavy atom. The molecule has 6 nitrogen and oxygen atoms in total. The molecule has 1 amide bonds. The number of amides is 1. The Morgan fingerprint density at radius 1 is 1.04 bits per heavy atom. The SMILES string of the molecule is CC(C)(C)OC(=O)CNC(=O)c1ccc(Oc2ccc(C(C)(F)F)cn2)cc1. The smallest absolute Gasteiger partial charge is 0.325 e. The largest absolute Gasteiger partial charge is 0.459 e. The zero-order valence-electron chi connectivity index (χ0n) is 16.1. The molecule has 2 aromatic rings. The third-order valence-electron chi connectivity index (χ3n) is 3.40. The first-order valence-corrected chi connectivity index (χ1v) is 8.56. The van der Waals surface area contributed by atoms with Gasteiger partial charge in [0.15, 0.2) is 0 Å². The van der Waals surface area contributed by atoms with E-state index >= 15 is 0 Å². The molecule has 0 spiro atoms. The van der Waals surface area contributed by atoms with Gasteiger partial charge in [-0.05, 0) is 51.1 Å². The van der Waals surface area contributed by atoms with Gasteiger partial charge in [0.05, 0.1) is 0 Å². The average molecular weight is 392 g/mol. The monoisotopic (exact) mass is 392 g/mol. The van der Waals surface area contributed by atoms with Crippen molar-refractivity contribution < 1.29 is 27.8 Å². The summed E-state index contributed by atoms with van der Waals surface area (Å²) in [6.45, 7) is 5.76. The van der Waals surface area contributed by atoms with Crippen LogP contribution < -0.4 is 10.1 Å². The fraction of sp³-hybridized carbons (Fsp3) is 0.350. The maximum absolute atomic E-state index is 13.2. The third kappa shape index (κ3) is 6.61. The van der Waals surface area contributed by atoms with Crippen LogP contribution in [0.3, 0.4) is 0 Å². The minimum absolute atomic E-state index is 0.148. The Morgan fingerprint density at radius 2 is 1.68 bits per heavy atom. The van der Waals surface area contributed by atoms with Gasteiger partial charge in [0, 0.05) is 30.3 Å². The van der Waals surface area contributed by atoms with E-state index in [1.165, 1.54) is 36.4 Å². The molecule has 28 heavy (non-hydrogen) atoms. The van der Waals surface area contributed by atoms with Crippen molar-refractivity contribution in [3.8, 4) is 11.6 Å². The molecule has 0 radical (unpaired) electrons. The predicted octanol–water partition coefficient (Wildman–Crippen LogP) is 4.06. The summed E-state index contributed by atoms with van der Waals surface area (Å²) >= 11 is 0. The Balaban J connectivity index is 1.92. The van der Waals surface area contributed by atoms with Crippen LogP contribution in [0.4, 0.5) is 8.78 Å². The second-order valence-corrected chi connectivity index (χ2v) is 7.17. The normalized spacial score (nSPS) is 11.6. The Bertz CT molecular complexity index is 823. The van der Waals surface area contributed by atoms with Crippen LogP contribution in [0.1, 0.15) is 43.6 Å². The number of aromatic nitrogens is 1. The van der Waals surface area contributed by atoms with Crippen molar-refractivity contribution in [1.82, 2.24) is 10.3 Å². The van der Waals surface area contributed by atoms with Gasteiger partial charge in [-0.15, -0.1) is 0 Å². The average Bonchev–Trinajstić information content (AvgIpc) is 2.58. The molecule has 1 N–H and O–H groups in total. The fourth-order valence-corrected chi connectivity index (χ4v) is 2.13. The number of carbonyl (C=O) groups excluding carboxylic acids is 2. The second-order valence-electron chi connectivity index (χ2n) is 7.17. The Labute approximate surface area is 161 Å². The lowest BCUT2D eigenvalue weighted by molar-refractivity contribution is -0.153. The first kappa shape index (κ1) is 21.3. The van der Waals surface area contributed by atoms with Crippen LogP contribution in [-0.4, -0.2) is 29.0 Å². The zero-order chi connectivity index (χ0) is 20.9. The number of pyridine rings is 1. The number of hydrogen-bond donors (Lipinski definition) is 1. The molecule has 0 atom stereocenters. The van der Waals surface area contributed by atoms with Crippen molar-refractivity contribution in [2.45, 2.75) is 39.2 Å². The number of benzene rings is 1. The summed E-state index contributed by atoms with van der Waals surface area (Å²) < 4.78 is 36.9. The number of carbonyl (C=O) groups is 2. The molecule has 1 heterocycles. The molecular formula is C20H22F2N2O4. The van der Waals surface area contributed by atoms with E-state index in [-0.39, 0.29) is 18.0 Å². The van der Waals surface area contributed by atoms with E-state index in [1.807, 2.05) is 0 Å². The van der Waals surface area contributed by atoms with Crippen molar-refractivity contribution >= 4 is 11.9 Å². The third-order valence-corrected chi connectivity index (χ3v) is 3.40. The first-order valence-electron chi connectivity index (χ1n) is 8.56. The van der Waals surface area contributed by atoms with Crippen molar-refractivity contribution in [1.29, 1.82) is 0 Å². The van der Waals surface area contributed by atoms with Crippen molar-refractivity contribution in [3.63, 3.8) is 0 Å². The number of ether oxygens (including phenoxy) is 2. The van der Waals surface area contributed by atoms with Crippen LogP contribution >= 0.6 is 0 Å². The van der Waals surface area contributed by atoms with Gasteiger partial charge in [-0.25, -0.2) is 13.8 Å². The molecule has 0 aliphatic rings. The molecule has 0 bridgehead atoms. The van der Waals surface area contributed by atoms with Gasteiger partial charge >= 0.3 is 5.97 Å². The molecular weight excluding hydrogens is 370 g/mol. The standard InChI is InChI=1S/C20H22F2N2O4/c1-19(2,3)28-17(25)12-24-18(26)13-5-8-15(9-6-13)27-16-10-7-14(11-23-16)20(4,21)22/h5-11H,12H2,1-4H3,(H,24,26). The number of rotatable bonds is 6. The van der Waals surface area contributed by atoms with E-state index in [9.17, 15) is 18.4 Å². The van der Waals surface area contributed by atoms with Gasteiger partial charge in [0.1, 0.15) is 17.9 Å². The van der Waals surface area contributed by atoms with Crippen LogP contribution in [0.2, 0.25) is 0 Å². The number of halogens is 2. The highest BCUT2D eigenvalue weighted by atomic mass is 19.3. The molecule has 0 saturated heterocycles. The summed E-state index contributed by atoms with van der Waals surface area (Å²) in [5.74, 6) is -3.42. The molecule has 150 valence electrons. The van der Waals surface area contributed by atoms with Crippen molar-refractivity contribution in [2.24, 2.45) is 0 Å². The highest BCUT2D eigenvalue weighted by molar-refractivity contribution is 5.96. The van der Waals surface area contributed by atoms with Gasteiger partial charge in [-0.3, -0.25) is 9.59 Å². The molecule has 0 unspecified atom stereocenters. The number of hydrogen-bond acceptors (Lipinski definition) is 5. The van der Waals surface area contributed by atoms with Gasteiger partial charge in [0.2, 0.25) is 5.88 Å². The van der Waals surface area contributed by atoms with Gasteiger partial charge in [-0.2, -0.15) is 0 Å². The fourth-order valence-electron chi connectivity index (χ4n) is 2.13. The Kier molecular flexibility index (Phi) is 6.33. The molecule has 2 rings (SSSR count). The minimum Gasteiger partial charge on any atom is -0.459 e. The lowest BCUT2D eigenvalue weighted by Crippen LogP contribution is -2.34. The number of esters is 1.